The number of rotatable bonds is 3. The minimum atomic E-state index is -3.50. The Hall–Kier alpha value is -0.0300. The van der Waals surface area contributed by atoms with Gasteiger partial charge in [0, 0.05) is 37.8 Å². The van der Waals surface area contributed by atoms with Crippen molar-refractivity contribution in [1.29, 1.82) is 0 Å². The monoisotopic (exact) mass is 417 g/mol. The van der Waals surface area contributed by atoms with Crippen LogP contribution in [-0.2, 0) is 14.8 Å². The zero-order valence-corrected chi connectivity index (χ0v) is 16.1. The van der Waals surface area contributed by atoms with E-state index in [1.165, 1.54) is 10.4 Å². The second-order valence-corrected chi connectivity index (χ2v) is 9.97. The number of nitrogens with zero attached hydrogens (tertiary/aromatic N) is 2. The maximum absolute atomic E-state index is 12.5. The predicted molar refractivity (Wildman–Crippen MR) is 96.2 cm³/mol. The lowest BCUT2D eigenvalue weighted by molar-refractivity contribution is -0.133. The first kappa shape index (κ1) is 19.3. The zero-order valence-electron chi connectivity index (χ0n) is 12.1. The molecule has 3 rings (SSSR count). The molecule has 0 aromatic carbocycles. The SMILES string of the molecule is Cl.O=C(C1CSCN1)N1CCN(S(=O)(=O)c2ccc(Cl)s2)CC1. The van der Waals surface area contributed by atoms with Crippen LogP contribution in [0.15, 0.2) is 16.3 Å². The van der Waals surface area contributed by atoms with Crippen molar-refractivity contribution in [3.8, 4) is 0 Å². The molecule has 1 aromatic rings. The van der Waals surface area contributed by atoms with Crippen LogP contribution in [0.25, 0.3) is 0 Å². The smallest absolute Gasteiger partial charge is 0.252 e. The van der Waals surface area contributed by atoms with Crippen LogP contribution in [0.1, 0.15) is 0 Å². The Balaban J connectivity index is 0.00000192. The van der Waals surface area contributed by atoms with E-state index >= 15 is 0 Å². The minimum Gasteiger partial charge on any atom is -0.339 e. The van der Waals surface area contributed by atoms with Crippen molar-refractivity contribution < 1.29 is 13.2 Å². The number of nitrogens with one attached hydrogen (secondary N) is 1. The normalized spacial score (nSPS) is 22.8. The van der Waals surface area contributed by atoms with Crippen LogP contribution in [0.2, 0.25) is 4.34 Å². The van der Waals surface area contributed by atoms with Gasteiger partial charge in [-0.05, 0) is 12.1 Å². The van der Waals surface area contributed by atoms with E-state index in [9.17, 15) is 13.2 Å². The third kappa shape index (κ3) is 4.15. The molecule has 2 saturated heterocycles. The van der Waals surface area contributed by atoms with Gasteiger partial charge < -0.3 is 4.90 Å². The zero-order chi connectivity index (χ0) is 15.7. The van der Waals surface area contributed by atoms with E-state index in [0.717, 1.165) is 23.0 Å². The third-order valence-electron chi connectivity index (χ3n) is 3.71. The van der Waals surface area contributed by atoms with Crippen LogP contribution in [0.5, 0.6) is 0 Å². The van der Waals surface area contributed by atoms with Crippen LogP contribution in [0.3, 0.4) is 0 Å². The summed E-state index contributed by atoms with van der Waals surface area (Å²) in [5.41, 5.74) is 0. The molecule has 23 heavy (non-hydrogen) atoms. The second kappa shape index (κ2) is 7.90. The summed E-state index contributed by atoms with van der Waals surface area (Å²) < 4.78 is 27.1. The summed E-state index contributed by atoms with van der Waals surface area (Å²) in [5, 5.41) is 3.15. The average Bonchev–Trinajstić information content (AvgIpc) is 3.18. The Bertz CT molecular complexity index is 654. The number of thioether (sulfide) groups is 1. The molecule has 0 aliphatic carbocycles. The highest BCUT2D eigenvalue weighted by Gasteiger charge is 2.34. The van der Waals surface area contributed by atoms with Gasteiger partial charge in [-0.1, -0.05) is 11.6 Å². The number of amides is 1. The van der Waals surface area contributed by atoms with Crippen molar-refractivity contribution >= 4 is 63.0 Å². The maximum atomic E-state index is 12.5. The Labute approximate surface area is 155 Å². The number of hydrogen-bond acceptors (Lipinski definition) is 6. The van der Waals surface area contributed by atoms with Crippen LogP contribution in [0.4, 0.5) is 0 Å². The summed E-state index contributed by atoms with van der Waals surface area (Å²) in [6.45, 7) is 1.51. The second-order valence-electron chi connectivity index (χ2n) is 5.06. The molecule has 0 bridgehead atoms. The molecule has 2 aliphatic heterocycles. The van der Waals surface area contributed by atoms with E-state index in [1.807, 2.05) is 0 Å². The lowest BCUT2D eigenvalue weighted by Crippen LogP contribution is -2.54. The Kier molecular flexibility index (Phi) is 6.63. The molecule has 1 aromatic heterocycles. The number of carbonyl (C=O) groups is 1. The lowest BCUT2D eigenvalue weighted by atomic mass is 10.2. The third-order valence-corrected chi connectivity index (χ3v) is 8.24. The molecule has 0 saturated carbocycles. The van der Waals surface area contributed by atoms with Gasteiger partial charge in [0.15, 0.2) is 0 Å². The van der Waals surface area contributed by atoms with Crippen molar-refractivity contribution in [3.05, 3.63) is 16.5 Å². The number of thiophene rings is 1. The average molecular weight is 418 g/mol. The Morgan fingerprint density at radius 2 is 1.96 bits per heavy atom. The van der Waals surface area contributed by atoms with Crippen molar-refractivity contribution in [1.82, 2.24) is 14.5 Å². The topological polar surface area (TPSA) is 69.7 Å². The van der Waals surface area contributed by atoms with Crippen molar-refractivity contribution in [2.45, 2.75) is 10.3 Å². The highest BCUT2D eigenvalue weighted by atomic mass is 35.5. The number of carbonyl (C=O) groups excluding carboxylic acids is 1. The van der Waals surface area contributed by atoms with Gasteiger partial charge in [0.1, 0.15) is 4.21 Å². The van der Waals surface area contributed by atoms with Gasteiger partial charge in [-0.15, -0.1) is 35.5 Å². The molecule has 11 heteroatoms. The Morgan fingerprint density at radius 3 is 2.48 bits per heavy atom. The molecule has 1 atom stereocenters. The van der Waals surface area contributed by atoms with Crippen LogP contribution in [0, 0.1) is 0 Å². The number of piperazine rings is 1. The first-order chi connectivity index (χ1) is 10.5. The van der Waals surface area contributed by atoms with E-state index in [2.05, 4.69) is 5.32 Å². The van der Waals surface area contributed by atoms with E-state index in [0.29, 0.717) is 30.5 Å². The van der Waals surface area contributed by atoms with Crippen LogP contribution < -0.4 is 5.32 Å². The lowest BCUT2D eigenvalue weighted by Gasteiger charge is -2.34. The fourth-order valence-corrected chi connectivity index (χ4v) is 6.48. The van der Waals surface area contributed by atoms with Crippen molar-refractivity contribution in [2.75, 3.05) is 37.8 Å². The molecule has 2 aliphatic rings. The summed E-state index contributed by atoms with van der Waals surface area (Å²) in [6.07, 6.45) is 0. The van der Waals surface area contributed by atoms with Gasteiger partial charge in [0.25, 0.3) is 10.0 Å². The van der Waals surface area contributed by atoms with Gasteiger partial charge in [-0.3, -0.25) is 10.1 Å². The van der Waals surface area contributed by atoms with E-state index < -0.39 is 10.0 Å². The van der Waals surface area contributed by atoms with Crippen LogP contribution >= 0.6 is 47.1 Å². The molecule has 3 heterocycles. The van der Waals surface area contributed by atoms with E-state index in [-0.39, 0.29) is 28.6 Å². The largest absolute Gasteiger partial charge is 0.339 e. The standard InChI is InChI=1S/C12H16ClN3O3S3.ClH/c13-10-1-2-11(21-10)22(18,19)16-5-3-15(4-6-16)12(17)9-7-20-8-14-9;/h1-2,9,14H,3-8H2;1H. The summed E-state index contributed by atoms with van der Waals surface area (Å²) in [7, 11) is -3.50. The van der Waals surface area contributed by atoms with Gasteiger partial charge in [0.05, 0.1) is 10.4 Å². The first-order valence-corrected chi connectivity index (χ1v) is 10.6. The minimum absolute atomic E-state index is 0. The van der Waals surface area contributed by atoms with E-state index in [1.54, 1.807) is 22.7 Å². The Morgan fingerprint density at radius 1 is 1.26 bits per heavy atom. The van der Waals surface area contributed by atoms with Crippen molar-refractivity contribution in [2.24, 2.45) is 0 Å². The highest BCUT2D eigenvalue weighted by molar-refractivity contribution is 7.99. The molecule has 0 spiro atoms. The summed E-state index contributed by atoms with van der Waals surface area (Å²) in [5.74, 6) is 1.65. The summed E-state index contributed by atoms with van der Waals surface area (Å²) in [4.78, 5) is 14.0. The summed E-state index contributed by atoms with van der Waals surface area (Å²) in [6, 6.07) is 2.98. The molecular weight excluding hydrogens is 401 g/mol. The highest BCUT2D eigenvalue weighted by Crippen LogP contribution is 2.28. The maximum Gasteiger partial charge on any atom is 0.252 e. The number of halogens is 2. The van der Waals surface area contributed by atoms with E-state index in [4.69, 9.17) is 11.6 Å². The first-order valence-electron chi connectivity index (χ1n) is 6.84. The van der Waals surface area contributed by atoms with Crippen LogP contribution in [-0.4, -0.2) is 67.4 Å². The molecule has 2 fully saturated rings. The molecule has 6 nitrogen and oxygen atoms in total. The van der Waals surface area contributed by atoms with Gasteiger partial charge in [0.2, 0.25) is 5.91 Å². The number of sulfonamides is 1. The van der Waals surface area contributed by atoms with Gasteiger partial charge in [-0.25, -0.2) is 8.42 Å². The fraction of sp³-hybridized carbons (Fsp3) is 0.583. The molecule has 1 amide bonds. The number of hydrogen-bond donors (Lipinski definition) is 1. The van der Waals surface area contributed by atoms with Gasteiger partial charge >= 0.3 is 0 Å². The molecule has 1 N–H and O–H groups in total. The molecular formula is C12H17Cl2N3O3S3. The predicted octanol–water partition coefficient (Wildman–Crippen LogP) is 1.32. The molecule has 1 unspecified atom stereocenters. The molecule has 130 valence electrons. The van der Waals surface area contributed by atoms with Crippen molar-refractivity contribution in [3.63, 3.8) is 0 Å². The quantitative estimate of drug-likeness (QED) is 0.802. The molecule has 0 radical (unpaired) electrons. The van der Waals surface area contributed by atoms with Gasteiger partial charge in [-0.2, -0.15) is 4.31 Å². The summed E-state index contributed by atoms with van der Waals surface area (Å²) >= 11 is 8.58. The fourth-order valence-electron chi connectivity index (χ4n) is 2.49.